The highest BCUT2D eigenvalue weighted by molar-refractivity contribution is 5.83. The molecule has 0 aromatic carbocycles. The Balaban J connectivity index is 2.46. The number of aryl methyl sites for hydroxylation is 2. The molecule has 0 bridgehead atoms. The Labute approximate surface area is 120 Å². The minimum Gasteiger partial charge on any atom is -0.480 e. The first-order chi connectivity index (χ1) is 9.79. The Bertz CT molecular complexity index is 520. The van der Waals surface area contributed by atoms with Crippen LogP contribution in [0.3, 0.4) is 0 Å². The lowest BCUT2D eigenvalue weighted by Crippen LogP contribution is -2.46. The van der Waals surface area contributed by atoms with Crippen molar-refractivity contribution in [1.29, 1.82) is 0 Å². The molecule has 0 spiro atoms. The minimum atomic E-state index is -1.24. The second-order valence-electron chi connectivity index (χ2n) is 4.47. The van der Waals surface area contributed by atoms with Crippen molar-refractivity contribution in [2.75, 3.05) is 0 Å². The van der Waals surface area contributed by atoms with E-state index in [1.54, 1.807) is 13.8 Å². The molecule has 0 saturated heterocycles. The van der Waals surface area contributed by atoms with E-state index in [0.717, 1.165) is 5.69 Å². The number of oxazole rings is 1. The maximum absolute atomic E-state index is 11.6. The van der Waals surface area contributed by atoms with Crippen molar-refractivity contribution in [1.82, 2.24) is 15.6 Å². The fourth-order valence-corrected chi connectivity index (χ4v) is 1.52. The SMILES string of the molecule is Cc1nc(CNC(=O)NC(CCC(N)=O)C(=O)O)oc1C. The highest BCUT2D eigenvalue weighted by Gasteiger charge is 2.20. The number of hydrogen-bond donors (Lipinski definition) is 4. The van der Waals surface area contributed by atoms with Crippen molar-refractivity contribution in [3.63, 3.8) is 0 Å². The fraction of sp³-hybridized carbons (Fsp3) is 0.500. The highest BCUT2D eigenvalue weighted by Crippen LogP contribution is 2.07. The zero-order valence-electron chi connectivity index (χ0n) is 11.8. The smallest absolute Gasteiger partial charge is 0.326 e. The Morgan fingerprint density at radius 2 is 2.05 bits per heavy atom. The first-order valence-electron chi connectivity index (χ1n) is 6.28. The zero-order chi connectivity index (χ0) is 16.0. The summed E-state index contributed by atoms with van der Waals surface area (Å²) in [5.74, 6) is -0.898. The van der Waals surface area contributed by atoms with Gasteiger partial charge in [-0.25, -0.2) is 14.6 Å². The quantitative estimate of drug-likeness (QED) is 0.548. The number of carboxylic acids is 1. The normalized spacial score (nSPS) is 11.7. The Morgan fingerprint density at radius 3 is 2.52 bits per heavy atom. The first kappa shape index (κ1) is 16.5. The predicted octanol–water partition coefficient (Wildman–Crippen LogP) is -0.191. The van der Waals surface area contributed by atoms with Crippen LogP contribution in [0.2, 0.25) is 0 Å². The summed E-state index contributed by atoms with van der Waals surface area (Å²) >= 11 is 0. The van der Waals surface area contributed by atoms with E-state index in [-0.39, 0.29) is 19.4 Å². The summed E-state index contributed by atoms with van der Waals surface area (Å²) in [4.78, 5) is 37.2. The standard InChI is InChI=1S/C12H18N4O5/c1-6-7(2)21-10(15-6)5-14-12(20)16-8(11(18)19)3-4-9(13)17/h8H,3-5H2,1-2H3,(H2,13,17)(H,18,19)(H2,14,16,20). The average Bonchev–Trinajstić information content (AvgIpc) is 2.71. The molecule has 0 aliphatic carbocycles. The van der Waals surface area contributed by atoms with Gasteiger partial charge in [-0.15, -0.1) is 0 Å². The van der Waals surface area contributed by atoms with Gasteiger partial charge in [-0.05, 0) is 20.3 Å². The Kier molecular flexibility index (Phi) is 5.70. The number of carbonyl (C=O) groups excluding carboxylic acids is 2. The number of hydrogen-bond acceptors (Lipinski definition) is 5. The van der Waals surface area contributed by atoms with Gasteiger partial charge in [0.05, 0.1) is 12.2 Å². The van der Waals surface area contributed by atoms with Gasteiger partial charge in [0.15, 0.2) is 0 Å². The third-order valence-corrected chi connectivity index (χ3v) is 2.76. The summed E-state index contributed by atoms with van der Waals surface area (Å²) in [6.07, 6.45) is -0.204. The van der Waals surface area contributed by atoms with Crippen LogP contribution in [0.25, 0.3) is 0 Å². The van der Waals surface area contributed by atoms with Crippen molar-refractivity contribution >= 4 is 17.9 Å². The summed E-state index contributed by atoms with van der Waals surface area (Å²) in [6, 6.07) is -1.88. The average molecular weight is 298 g/mol. The predicted molar refractivity (Wildman–Crippen MR) is 71.2 cm³/mol. The fourth-order valence-electron chi connectivity index (χ4n) is 1.52. The third kappa shape index (κ3) is 5.51. The van der Waals surface area contributed by atoms with Crippen molar-refractivity contribution in [3.05, 3.63) is 17.3 Å². The number of nitrogens with one attached hydrogen (secondary N) is 2. The minimum absolute atomic E-state index is 0.0304. The number of carboxylic acid groups (broad SMARTS) is 1. The molecule has 1 aromatic heterocycles. The molecule has 9 nitrogen and oxygen atoms in total. The van der Waals surface area contributed by atoms with E-state index in [1.807, 2.05) is 0 Å². The molecule has 9 heteroatoms. The Hall–Kier alpha value is -2.58. The molecule has 1 atom stereocenters. The van der Waals surface area contributed by atoms with Gasteiger partial charge >= 0.3 is 12.0 Å². The summed E-state index contributed by atoms with van der Waals surface area (Å²) < 4.78 is 5.26. The van der Waals surface area contributed by atoms with Crippen molar-refractivity contribution in [3.8, 4) is 0 Å². The summed E-state index contributed by atoms with van der Waals surface area (Å²) in [7, 11) is 0. The number of aromatic nitrogens is 1. The molecule has 5 N–H and O–H groups in total. The molecule has 21 heavy (non-hydrogen) atoms. The first-order valence-corrected chi connectivity index (χ1v) is 6.28. The number of nitrogens with zero attached hydrogens (tertiary/aromatic N) is 1. The number of urea groups is 1. The van der Waals surface area contributed by atoms with Crippen LogP contribution >= 0.6 is 0 Å². The lowest BCUT2D eigenvalue weighted by molar-refractivity contribution is -0.139. The zero-order valence-corrected chi connectivity index (χ0v) is 11.8. The molecule has 116 valence electrons. The molecule has 0 fully saturated rings. The van der Waals surface area contributed by atoms with Crippen LogP contribution < -0.4 is 16.4 Å². The van der Waals surface area contributed by atoms with Crippen LogP contribution in [0, 0.1) is 13.8 Å². The van der Waals surface area contributed by atoms with Crippen LogP contribution in [0.1, 0.15) is 30.2 Å². The van der Waals surface area contributed by atoms with E-state index >= 15 is 0 Å². The van der Waals surface area contributed by atoms with Gasteiger partial charge in [0.2, 0.25) is 11.8 Å². The van der Waals surface area contributed by atoms with E-state index in [0.29, 0.717) is 11.7 Å². The van der Waals surface area contributed by atoms with Gasteiger partial charge in [-0.3, -0.25) is 4.79 Å². The van der Waals surface area contributed by atoms with Gasteiger partial charge in [-0.2, -0.15) is 0 Å². The van der Waals surface area contributed by atoms with Crippen LogP contribution in [-0.4, -0.2) is 34.0 Å². The van der Waals surface area contributed by atoms with Gasteiger partial charge in [0, 0.05) is 6.42 Å². The molecule has 0 aliphatic heterocycles. The maximum atomic E-state index is 11.6. The van der Waals surface area contributed by atoms with Crippen LogP contribution in [0.5, 0.6) is 0 Å². The second-order valence-corrected chi connectivity index (χ2v) is 4.47. The topological polar surface area (TPSA) is 148 Å². The number of rotatable bonds is 7. The van der Waals surface area contributed by atoms with E-state index in [1.165, 1.54) is 0 Å². The number of amides is 3. The van der Waals surface area contributed by atoms with Crippen molar-refractivity contribution in [2.24, 2.45) is 5.73 Å². The molecule has 0 radical (unpaired) electrons. The lowest BCUT2D eigenvalue weighted by Gasteiger charge is -2.13. The van der Waals surface area contributed by atoms with Crippen LogP contribution in [0.4, 0.5) is 4.79 Å². The molecular weight excluding hydrogens is 280 g/mol. The third-order valence-electron chi connectivity index (χ3n) is 2.76. The molecule has 1 heterocycles. The number of aliphatic carboxylic acids is 1. The van der Waals surface area contributed by atoms with E-state index in [2.05, 4.69) is 15.6 Å². The van der Waals surface area contributed by atoms with Crippen LogP contribution in [0.15, 0.2) is 4.42 Å². The Morgan fingerprint density at radius 1 is 1.38 bits per heavy atom. The maximum Gasteiger partial charge on any atom is 0.326 e. The van der Waals surface area contributed by atoms with Crippen molar-refractivity contribution in [2.45, 2.75) is 39.3 Å². The molecule has 1 unspecified atom stereocenters. The number of nitrogens with two attached hydrogens (primary N) is 1. The number of primary amides is 1. The van der Waals surface area contributed by atoms with Gasteiger partial charge < -0.3 is 25.9 Å². The largest absolute Gasteiger partial charge is 0.480 e. The molecule has 1 aromatic rings. The molecule has 3 amide bonds. The van der Waals surface area contributed by atoms with Gasteiger partial charge in [0.25, 0.3) is 0 Å². The van der Waals surface area contributed by atoms with Crippen molar-refractivity contribution < 1.29 is 23.9 Å². The summed E-state index contributed by atoms with van der Waals surface area (Å²) in [6.45, 7) is 3.55. The second kappa shape index (κ2) is 7.27. The van der Waals surface area contributed by atoms with E-state index in [4.69, 9.17) is 15.3 Å². The van der Waals surface area contributed by atoms with Gasteiger partial charge in [-0.1, -0.05) is 0 Å². The summed E-state index contributed by atoms with van der Waals surface area (Å²) in [5.41, 5.74) is 5.66. The lowest BCUT2D eigenvalue weighted by atomic mass is 10.1. The van der Waals surface area contributed by atoms with Gasteiger partial charge in [0.1, 0.15) is 11.8 Å². The highest BCUT2D eigenvalue weighted by atomic mass is 16.4. The van der Waals surface area contributed by atoms with Crippen LogP contribution in [-0.2, 0) is 16.1 Å². The summed E-state index contributed by atoms with van der Waals surface area (Å²) in [5, 5.41) is 13.6. The molecular formula is C12H18N4O5. The molecule has 0 saturated carbocycles. The van der Waals surface area contributed by atoms with E-state index in [9.17, 15) is 14.4 Å². The number of carbonyl (C=O) groups is 3. The van der Waals surface area contributed by atoms with E-state index < -0.39 is 23.9 Å². The molecule has 1 rings (SSSR count). The monoisotopic (exact) mass is 298 g/mol. The molecule has 0 aliphatic rings.